The molecule has 15 nitrogen and oxygen atoms in total. The Morgan fingerprint density at radius 1 is 0.203 bits per heavy atom. The summed E-state index contributed by atoms with van der Waals surface area (Å²) in [4.78, 5) is 0. The van der Waals surface area contributed by atoms with Crippen LogP contribution >= 0.6 is 23.4 Å². The standard InChI is InChI=1S/15C2H3N.3F6P.3Li/c15*1-2-3;3*1-7(2,3,4,5)6;;;/h15*1H3;;;;;;/q;;;;;;;;;;;;;;;3*-1;3*+1/p+11. The van der Waals surface area contributed by atoms with Gasteiger partial charge in [-0.3, -0.25) is 0 Å². The Labute approximate surface area is 427 Å². The van der Waals surface area contributed by atoms with Gasteiger partial charge in [0.15, 0.2) is 0 Å². The molecule has 0 saturated carbocycles. The van der Waals surface area contributed by atoms with Crippen molar-refractivity contribution in [3.63, 3.8) is 0 Å². The second-order valence-corrected chi connectivity index (χ2v) is 12.3. The van der Waals surface area contributed by atoms with E-state index in [2.05, 4.69) is 0 Å². The van der Waals surface area contributed by atoms with E-state index in [0.29, 0.717) is 0 Å². The van der Waals surface area contributed by atoms with Crippen LogP contribution in [0, 0.1) is 112 Å². The maximum atomic E-state index is 9.87. The molecule has 0 bridgehead atoms. The van der Waals surface area contributed by atoms with Crippen LogP contribution in [0.2, 0.25) is 0 Å². The number of nitrogens with one attached hydrogen (secondary N) is 11. The van der Waals surface area contributed by atoms with E-state index in [9.17, 15) is 75.5 Å². The Kier molecular flexibility index (Phi) is 158. The van der Waals surface area contributed by atoms with Crippen LogP contribution in [0.15, 0.2) is 0 Å². The van der Waals surface area contributed by atoms with Crippen LogP contribution in [0.1, 0.15) is 104 Å². The summed E-state index contributed by atoms with van der Waals surface area (Å²) in [5.41, 5.74) is 0. The van der Waals surface area contributed by atoms with Gasteiger partial charge in [-0.15, -0.1) is 57.9 Å². The van der Waals surface area contributed by atoms with Gasteiger partial charge in [-0.05, 0) is 0 Å². The third-order valence-electron chi connectivity index (χ3n) is 0. The predicted octanol–water partition coefficient (Wildman–Crippen LogP) is -10.2. The van der Waals surface area contributed by atoms with Crippen LogP contribution in [-0.4, -0.2) is 0 Å². The fraction of sp³-hybridized carbons (Fsp3) is 0.500. The molecule has 0 atom stereocenters. The zero-order valence-electron chi connectivity index (χ0n) is 40.9. The summed E-state index contributed by atoms with van der Waals surface area (Å²) in [6, 6.07) is 29.0. The maximum Gasteiger partial charge on any atom is 1.00 e. The first kappa shape index (κ1) is 137. The van der Waals surface area contributed by atoms with Crippen molar-refractivity contribution in [2.75, 3.05) is 0 Å². The fourth-order valence-electron chi connectivity index (χ4n) is 0. The zero-order chi connectivity index (χ0) is 59.8. The van der Waals surface area contributed by atoms with Gasteiger partial charge in [0.1, 0.15) is 0 Å². The third-order valence-corrected chi connectivity index (χ3v) is 0. The van der Waals surface area contributed by atoms with Crippen LogP contribution < -0.4 is 114 Å². The SMILES string of the molecule is CC#N.CC#N.CC#N.CC#N.CC#[NH+].CC#[NH+].CC#[NH+].CC#[NH+].CC#[NH+].CC#[NH+].CC#[NH+].CC#[NH+].CC#[NH+].CC#[NH+].CC#[NH+].F[P-](F)(F)(F)(F)F.F[P-](F)(F)(F)(F)F.F[P-](F)(F)(F)(F)F.[Li+].[Li+].[Li+]. The molecule has 0 aromatic carbocycles. The Hall–Kier alpha value is -5.83. The minimum absolute atomic E-state index is 0. The van der Waals surface area contributed by atoms with Crippen LogP contribution in [0.3, 0.4) is 0 Å². The molecule has 0 fully saturated rings. The predicted molar refractivity (Wildman–Crippen MR) is 202 cm³/mol. The Balaban J connectivity index is -0.0000000188. The molecule has 0 aromatic rings. The molecule has 0 aromatic heterocycles. The van der Waals surface area contributed by atoms with Gasteiger partial charge >= 0.3 is 156 Å². The minimum atomic E-state index is -10.7. The Morgan fingerprint density at radius 3 is 0.203 bits per heavy atom. The van der Waals surface area contributed by atoms with Crippen molar-refractivity contribution in [1.29, 1.82) is 21.0 Å². The summed E-state index contributed by atoms with van der Waals surface area (Å²) in [7, 11) is -32.0. The monoisotopic (exact) mass is 1080 g/mol. The van der Waals surface area contributed by atoms with E-state index < -0.39 is 23.4 Å². The molecule has 0 radical (unpaired) electrons. The summed E-state index contributed by atoms with van der Waals surface area (Å²) in [5.74, 6) is 0. The van der Waals surface area contributed by atoms with Crippen molar-refractivity contribution in [2.45, 2.75) is 104 Å². The summed E-state index contributed by atoms with van der Waals surface area (Å²) in [6.45, 7) is 22.7. The smallest absolute Gasteiger partial charge is 1.00 e. The molecule has 0 aliphatic heterocycles. The van der Waals surface area contributed by atoms with Crippen molar-refractivity contribution in [3.05, 3.63) is 0 Å². The first-order valence-corrected chi connectivity index (χ1v) is 20.3. The molecular formula is C30H56F18Li3N15P3+11. The van der Waals surface area contributed by atoms with Gasteiger partial charge in [0.2, 0.25) is 0 Å². The van der Waals surface area contributed by atoms with E-state index in [-0.39, 0.29) is 56.6 Å². The van der Waals surface area contributed by atoms with Crippen molar-refractivity contribution < 1.29 is 190 Å². The van der Waals surface area contributed by atoms with Crippen LogP contribution in [-0.2, 0) is 0 Å². The van der Waals surface area contributed by atoms with Gasteiger partial charge < -0.3 is 0 Å². The van der Waals surface area contributed by atoms with Crippen molar-refractivity contribution in [3.8, 4) is 91.0 Å². The van der Waals surface area contributed by atoms with Gasteiger partial charge in [-0.1, -0.05) is 0 Å². The summed E-state index contributed by atoms with van der Waals surface area (Å²) >= 11 is 0. The first-order chi connectivity index (χ1) is 28.6. The second-order valence-electron chi connectivity index (χ2n) is 6.52. The molecule has 0 spiro atoms. The average Bonchev–Trinajstić information content (AvgIpc) is 2.99. The second kappa shape index (κ2) is 79.3. The van der Waals surface area contributed by atoms with E-state index in [1.807, 2.05) is 66.8 Å². The number of nitrogens with zero attached hydrogens (tertiary/aromatic N) is 4. The molecular weight excluding hydrogens is 1030 g/mol. The molecule has 384 valence electrons. The Morgan fingerprint density at radius 2 is 0.203 bits per heavy atom. The van der Waals surface area contributed by atoms with Gasteiger partial charge in [0.25, 0.3) is 66.8 Å². The van der Waals surface area contributed by atoms with E-state index >= 15 is 0 Å². The molecule has 0 aliphatic carbocycles. The van der Waals surface area contributed by atoms with E-state index in [1.165, 1.54) is 27.7 Å². The van der Waals surface area contributed by atoms with E-state index in [0.717, 1.165) is 0 Å². The van der Waals surface area contributed by atoms with Gasteiger partial charge in [-0.25, -0.2) is 0 Å². The Bertz CT molecular complexity index is 1300. The van der Waals surface area contributed by atoms with E-state index in [4.69, 9.17) is 78.9 Å². The largest absolute Gasteiger partial charge is 1.00 e. The van der Waals surface area contributed by atoms with Crippen molar-refractivity contribution in [2.24, 2.45) is 0 Å². The van der Waals surface area contributed by atoms with Gasteiger partial charge in [-0.2, -0.15) is 21.0 Å². The first-order valence-electron chi connectivity index (χ1n) is 14.2. The molecule has 0 unspecified atom stereocenters. The molecule has 0 amide bonds. The molecule has 0 saturated heterocycles. The van der Waals surface area contributed by atoms with Gasteiger partial charge in [0, 0.05) is 27.7 Å². The number of nitriles is 4. The van der Waals surface area contributed by atoms with Gasteiger partial charge in [0.05, 0.1) is 100 Å². The number of halogens is 18. The van der Waals surface area contributed by atoms with Crippen LogP contribution in [0.25, 0.3) is 0 Å². The van der Waals surface area contributed by atoms with Crippen molar-refractivity contribution in [1.82, 2.24) is 0 Å². The number of hydrogen-bond acceptors (Lipinski definition) is 4. The number of hydrogen-bond donors (Lipinski definition) is 11. The molecule has 0 rings (SSSR count). The maximum absolute atomic E-state index is 10.7. The topological polar surface area (TPSA) is 357 Å². The number of rotatable bonds is 0. The van der Waals surface area contributed by atoms with Crippen LogP contribution in [0.5, 0.6) is 0 Å². The fourth-order valence-corrected chi connectivity index (χ4v) is 0. The van der Waals surface area contributed by atoms with Crippen molar-refractivity contribution >= 4 is 23.4 Å². The van der Waals surface area contributed by atoms with E-state index in [1.54, 1.807) is 100 Å². The van der Waals surface area contributed by atoms with Crippen LogP contribution in [0.4, 0.5) is 75.5 Å². The normalized spacial score (nSPS) is 8.78. The summed E-state index contributed by atoms with van der Waals surface area (Å²) in [6.07, 6.45) is 0. The molecule has 39 heteroatoms. The molecule has 69 heavy (non-hydrogen) atoms. The average molecular weight is 1080 g/mol. The third kappa shape index (κ3) is 6630. The molecule has 11 N–H and O–H groups in total. The molecule has 0 aliphatic rings. The summed E-state index contributed by atoms with van der Waals surface area (Å²) in [5, 5.41) is 94.8. The minimum Gasteiger partial charge on any atom is 1.00 e. The zero-order valence-corrected chi connectivity index (χ0v) is 43.6. The molecule has 0 heterocycles. The summed E-state index contributed by atoms with van der Waals surface area (Å²) < 4.78 is 178. The quantitative estimate of drug-likeness (QED) is 0.0640.